The summed E-state index contributed by atoms with van der Waals surface area (Å²) in [6, 6.07) is 9.41. The summed E-state index contributed by atoms with van der Waals surface area (Å²) in [6.07, 6.45) is 4.15. The van der Waals surface area contributed by atoms with E-state index in [4.69, 9.17) is 0 Å². The van der Waals surface area contributed by atoms with Gasteiger partial charge in [-0.2, -0.15) is 5.26 Å². The van der Waals surface area contributed by atoms with Crippen molar-refractivity contribution in [2.24, 2.45) is 5.92 Å². The van der Waals surface area contributed by atoms with E-state index in [1.54, 1.807) is 19.1 Å². The minimum Gasteiger partial charge on any atom is -0.333 e. The molecule has 2 fully saturated rings. The number of nitrogens with one attached hydrogen (secondary N) is 2. The maximum atomic E-state index is 13.9. The number of carbonyl (C=O) groups excluding carboxylic acids is 1. The highest BCUT2D eigenvalue weighted by atomic mass is 19.1. The highest BCUT2D eigenvalue weighted by Gasteiger charge is 2.44. The Morgan fingerprint density at radius 3 is 2.65 bits per heavy atom. The first-order valence-electron chi connectivity index (χ1n) is 8.32. The third-order valence-electron chi connectivity index (χ3n) is 4.94. The highest BCUT2D eigenvalue weighted by Crippen LogP contribution is 2.39. The quantitative estimate of drug-likeness (QED) is 0.794. The second kappa shape index (κ2) is 6.29. The van der Waals surface area contributed by atoms with Gasteiger partial charge in [-0.3, -0.25) is 4.79 Å². The van der Waals surface area contributed by atoms with Crippen molar-refractivity contribution >= 4 is 5.91 Å². The zero-order valence-corrected chi connectivity index (χ0v) is 13.4. The van der Waals surface area contributed by atoms with Gasteiger partial charge >= 0.3 is 0 Å². The normalized spacial score (nSPS) is 21.1. The monoisotopic (exact) mass is 316 g/mol. The molecule has 0 bridgehead atoms. The lowest BCUT2D eigenvalue weighted by molar-refractivity contribution is -0.917. The molecule has 0 aliphatic heterocycles. The van der Waals surface area contributed by atoms with Gasteiger partial charge in [-0.25, -0.2) is 4.39 Å². The maximum absolute atomic E-state index is 13.9. The fourth-order valence-electron chi connectivity index (χ4n) is 3.15. The van der Waals surface area contributed by atoms with Crippen LogP contribution in [-0.2, 0) is 11.3 Å². The molecule has 2 N–H and O–H groups in total. The Labute approximate surface area is 136 Å². The number of quaternary nitrogens is 1. The standard InChI is InChI=1S/C18H22FN3O/c1-18(12-20,14-6-7-14)21-17(23)11-22(15-8-9-15)10-13-4-2-3-5-16(13)19/h2-5,14-15H,6-11H2,1H3,(H,21,23)/p+1/t18-/m1/s1. The SMILES string of the molecule is C[C@](C#N)(NC(=O)C[NH+](Cc1ccccc1F)C1CC1)C1CC1. The van der Waals surface area contributed by atoms with Gasteiger partial charge in [-0.1, -0.05) is 18.2 Å². The molecule has 0 aromatic heterocycles. The van der Waals surface area contributed by atoms with E-state index in [0.29, 0.717) is 24.7 Å². The van der Waals surface area contributed by atoms with Crippen LogP contribution in [0.3, 0.4) is 0 Å². The topological polar surface area (TPSA) is 57.3 Å². The van der Waals surface area contributed by atoms with Crippen molar-refractivity contribution in [2.75, 3.05) is 6.54 Å². The predicted molar refractivity (Wildman–Crippen MR) is 83.8 cm³/mol. The third-order valence-corrected chi connectivity index (χ3v) is 4.94. The number of hydrogen-bond acceptors (Lipinski definition) is 2. The minimum atomic E-state index is -0.760. The second-order valence-electron chi connectivity index (χ2n) is 7.01. The fourth-order valence-corrected chi connectivity index (χ4v) is 3.15. The van der Waals surface area contributed by atoms with Gasteiger partial charge in [0.2, 0.25) is 0 Å². The van der Waals surface area contributed by atoms with Gasteiger partial charge in [-0.05, 0) is 31.7 Å². The number of nitrogens with zero attached hydrogens (tertiary/aromatic N) is 1. The molecular formula is C18H23FN3O+. The lowest BCUT2D eigenvalue weighted by atomic mass is 9.98. The summed E-state index contributed by atoms with van der Waals surface area (Å²) in [4.78, 5) is 13.5. The van der Waals surface area contributed by atoms with Gasteiger partial charge in [0.05, 0.1) is 12.1 Å². The molecule has 3 rings (SSSR count). The summed E-state index contributed by atoms with van der Waals surface area (Å²) in [7, 11) is 0. The van der Waals surface area contributed by atoms with Crippen LogP contribution in [-0.4, -0.2) is 24.0 Å². The molecule has 2 aliphatic carbocycles. The summed E-state index contributed by atoms with van der Waals surface area (Å²) >= 11 is 0. The molecule has 0 radical (unpaired) electrons. The van der Waals surface area contributed by atoms with Crippen molar-refractivity contribution in [1.82, 2.24) is 5.32 Å². The first-order valence-corrected chi connectivity index (χ1v) is 8.32. The summed E-state index contributed by atoms with van der Waals surface area (Å²) in [5, 5.41) is 12.3. The average Bonchev–Trinajstić information content (AvgIpc) is 3.41. The molecule has 5 heteroatoms. The molecule has 1 amide bonds. The average molecular weight is 316 g/mol. The van der Waals surface area contributed by atoms with Crippen LogP contribution in [0.2, 0.25) is 0 Å². The van der Waals surface area contributed by atoms with E-state index in [0.717, 1.165) is 30.6 Å². The zero-order valence-electron chi connectivity index (χ0n) is 13.4. The molecule has 0 saturated heterocycles. The van der Waals surface area contributed by atoms with Crippen molar-refractivity contribution in [1.29, 1.82) is 5.26 Å². The summed E-state index contributed by atoms with van der Waals surface area (Å²) in [6.45, 7) is 2.61. The van der Waals surface area contributed by atoms with E-state index in [1.807, 2.05) is 6.07 Å². The van der Waals surface area contributed by atoms with Gasteiger partial charge in [0.15, 0.2) is 6.54 Å². The Morgan fingerprint density at radius 2 is 2.09 bits per heavy atom. The Morgan fingerprint density at radius 1 is 1.39 bits per heavy atom. The van der Waals surface area contributed by atoms with Gasteiger partial charge < -0.3 is 10.2 Å². The molecule has 2 aliphatic rings. The number of halogens is 1. The van der Waals surface area contributed by atoms with E-state index < -0.39 is 5.54 Å². The van der Waals surface area contributed by atoms with Crippen LogP contribution < -0.4 is 10.2 Å². The minimum absolute atomic E-state index is 0.112. The Kier molecular flexibility index (Phi) is 4.36. The molecule has 0 heterocycles. The van der Waals surface area contributed by atoms with Gasteiger partial charge in [0, 0.05) is 18.4 Å². The predicted octanol–water partition coefficient (Wildman–Crippen LogP) is 1.18. The summed E-state index contributed by atoms with van der Waals surface area (Å²) in [5.74, 6) is -0.0579. The van der Waals surface area contributed by atoms with Crippen LogP contribution in [0.5, 0.6) is 0 Å². The van der Waals surface area contributed by atoms with E-state index >= 15 is 0 Å². The van der Waals surface area contributed by atoms with Crippen molar-refractivity contribution in [3.05, 3.63) is 35.6 Å². The Hall–Kier alpha value is -1.93. The summed E-state index contributed by atoms with van der Waals surface area (Å²) in [5.41, 5.74) is -0.114. The van der Waals surface area contributed by atoms with Crippen LogP contribution >= 0.6 is 0 Å². The van der Waals surface area contributed by atoms with Crippen molar-refractivity contribution < 1.29 is 14.1 Å². The van der Waals surface area contributed by atoms with E-state index in [-0.39, 0.29) is 17.6 Å². The number of amides is 1. The molecule has 1 unspecified atom stereocenters. The second-order valence-corrected chi connectivity index (χ2v) is 7.01. The number of benzene rings is 1. The number of carbonyl (C=O) groups is 1. The number of rotatable bonds is 7. The molecule has 1 aromatic rings. The van der Waals surface area contributed by atoms with E-state index in [9.17, 15) is 14.4 Å². The van der Waals surface area contributed by atoms with Crippen LogP contribution in [0.1, 0.15) is 38.2 Å². The van der Waals surface area contributed by atoms with Crippen LogP contribution in [0.4, 0.5) is 4.39 Å². The molecule has 2 atom stereocenters. The molecular weight excluding hydrogens is 293 g/mol. The van der Waals surface area contributed by atoms with Crippen LogP contribution in [0.25, 0.3) is 0 Å². The van der Waals surface area contributed by atoms with Gasteiger partial charge in [0.25, 0.3) is 5.91 Å². The first-order chi connectivity index (χ1) is 11.0. The largest absolute Gasteiger partial charge is 0.333 e. The van der Waals surface area contributed by atoms with Crippen LogP contribution in [0.15, 0.2) is 24.3 Å². The fraction of sp³-hybridized carbons (Fsp3) is 0.556. The van der Waals surface area contributed by atoms with Crippen molar-refractivity contribution in [3.8, 4) is 6.07 Å². The van der Waals surface area contributed by atoms with Crippen molar-refractivity contribution in [2.45, 2.75) is 50.7 Å². The number of hydrogen-bond donors (Lipinski definition) is 2. The van der Waals surface area contributed by atoms with Gasteiger partial charge in [-0.15, -0.1) is 0 Å². The lowest BCUT2D eigenvalue weighted by Crippen LogP contribution is -3.13. The van der Waals surface area contributed by atoms with E-state index in [1.165, 1.54) is 6.07 Å². The molecule has 2 saturated carbocycles. The first kappa shape index (κ1) is 15.9. The highest BCUT2D eigenvalue weighted by molar-refractivity contribution is 5.78. The van der Waals surface area contributed by atoms with E-state index in [2.05, 4.69) is 11.4 Å². The molecule has 0 spiro atoms. The van der Waals surface area contributed by atoms with Gasteiger partial charge in [0.1, 0.15) is 17.9 Å². The Bertz CT molecular complexity index is 633. The third kappa shape index (κ3) is 3.89. The lowest BCUT2D eigenvalue weighted by Gasteiger charge is -2.25. The maximum Gasteiger partial charge on any atom is 0.276 e. The molecule has 23 heavy (non-hydrogen) atoms. The Balaban J connectivity index is 1.62. The van der Waals surface area contributed by atoms with Crippen LogP contribution in [0, 0.1) is 23.1 Å². The zero-order chi connectivity index (χ0) is 16.4. The summed E-state index contributed by atoms with van der Waals surface area (Å²) < 4.78 is 13.9. The molecule has 4 nitrogen and oxygen atoms in total. The molecule has 122 valence electrons. The molecule has 1 aromatic carbocycles. The number of nitriles is 1. The smallest absolute Gasteiger partial charge is 0.276 e. The van der Waals surface area contributed by atoms with Crippen molar-refractivity contribution in [3.63, 3.8) is 0 Å².